The van der Waals surface area contributed by atoms with Crippen molar-refractivity contribution in [3.63, 3.8) is 0 Å². The molecule has 0 fully saturated rings. The predicted molar refractivity (Wildman–Crippen MR) is 132 cm³/mol. The average molecular weight is 475 g/mol. The number of hydrogen-bond donors (Lipinski definition) is 3. The molecule has 3 rings (SSSR count). The minimum Gasteiger partial charge on any atom is -0.480 e. The second kappa shape index (κ2) is 12.2. The fourth-order valence-electron chi connectivity index (χ4n) is 3.36. The molecule has 0 aliphatic heterocycles. The first-order valence-corrected chi connectivity index (χ1v) is 11.4. The molecule has 9 heteroatoms. The lowest BCUT2D eigenvalue weighted by Crippen LogP contribution is -2.41. The van der Waals surface area contributed by atoms with E-state index in [1.165, 1.54) is 0 Å². The number of nitrogens with zero attached hydrogens (tertiary/aromatic N) is 2. The number of aromatic nitrogens is 2. The van der Waals surface area contributed by atoms with E-state index >= 15 is 0 Å². The molecule has 0 saturated heterocycles. The second-order valence-corrected chi connectivity index (χ2v) is 7.90. The highest BCUT2D eigenvalue weighted by atomic mass is 35.5. The van der Waals surface area contributed by atoms with Crippen LogP contribution < -0.4 is 10.2 Å². The highest BCUT2D eigenvalue weighted by Crippen LogP contribution is 2.31. The molecular weight excluding hydrogens is 448 g/mol. The van der Waals surface area contributed by atoms with Crippen LogP contribution in [-0.4, -0.2) is 51.5 Å². The molecule has 0 aliphatic carbocycles. The van der Waals surface area contributed by atoms with Crippen molar-refractivity contribution in [2.45, 2.75) is 19.4 Å². The lowest BCUT2D eigenvalue weighted by atomic mass is 9.97. The van der Waals surface area contributed by atoms with Gasteiger partial charge in [0.1, 0.15) is 6.04 Å². The van der Waals surface area contributed by atoms with Crippen LogP contribution in [0, 0.1) is 0 Å². The maximum absolute atomic E-state index is 13.1. The van der Waals surface area contributed by atoms with Gasteiger partial charge in [0, 0.05) is 24.0 Å². The Hall–Kier alpha value is -2.97. The number of carbonyl (C=O) groups excluding carboxylic acids is 1. The van der Waals surface area contributed by atoms with Crippen LogP contribution in [0.15, 0.2) is 61.1 Å². The van der Waals surface area contributed by atoms with Gasteiger partial charge >= 0.3 is 5.97 Å². The molecule has 1 amide bonds. The van der Waals surface area contributed by atoms with Gasteiger partial charge in [0.2, 0.25) is 0 Å². The van der Waals surface area contributed by atoms with Crippen molar-refractivity contribution >= 4 is 47.6 Å². The van der Waals surface area contributed by atoms with E-state index in [9.17, 15) is 14.7 Å². The van der Waals surface area contributed by atoms with E-state index in [-0.39, 0.29) is 12.4 Å². The summed E-state index contributed by atoms with van der Waals surface area (Å²) in [6, 6.07) is 14.2. The lowest BCUT2D eigenvalue weighted by molar-refractivity contribution is -0.139. The zero-order chi connectivity index (χ0) is 22.2. The van der Waals surface area contributed by atoms with Crippen molar-refractivity contribution in [3.8, 4) is 11.1 Å². The van der Waals surface area contributed by atoms with Gasteiger partial charge in [-0.2, -0.15) is 11.8 Å². The molecule has 7 nitrogen and oxygen atoms in total. The van der Waals surface area contributed by atoms with E-state index in [1.807, 2.05) is 66.7 Å². The maximum atomic E-state index is 13.1. The summed E-state index contributed by atoms with van der Waals surface area (Å²) in [5, 5.41) is 12.2. The number of benzene rings is 2. The van der Waals surface area contributed by atoms with Gasteiger partial charge in [0.15, 0.2) is 5.82 Å². The summed E-state index contributed by atoms with van der Waals surface area (Å²) in [7, 11) is 0. The first-order chi connectivity index (χ1) is 15.0. The number of carboxylic acid groups (broad SMARTS) is 1. The van der Waals surface area contributed by atoms with Gasteiger partial charge in [-0.3, -0.25) is 4.79 Å². The number of rotatable bonds is 10. The summed E-state index contributed by atoms with van der Waals surface area (Å²) >= 11 is 1.55. The Balaban J connectivity index is 0.00000363. The number of aliphatic carboxylic acids is 1. The normalized spacial score (nSPS) is 11.3. The molecule has 32 heavy (non-hydrogen) atoms. The molecule has 0 bridgehead atoms. The first kappa shape index (κ1) is 25.3. The van der Waals surface area contributed by atoms with Gasteiger partial charge in [-0.15, -0.1) is 12.4 Å². The highest BCUT2D eigenvalue weighted by molar-refractivity contribution is 7.98. The maximum Gasteiger partial charge on any atom is 0.326 e. The van der Waals surface area contributed by atoms with Crippen LogP contribution in [0.1, 0.15) is 23.7 Å². The van der Waals surface area contributed by atoms with Crippen LogP contribution in [-0.2, 0) is 4.79 Å². The molecule has 3 N–H and O–H groups in total. The Morgan fingerprint density at radius 1 is 1.22 bits per heavy atom. The summed E-state index contributed by atoms with van der Waals surface area (Å²) < 4.78 is 0. The number of anilines is 2. The molecule has 2 aromatic carbocycles. The van der Waals surface area contributed by atoms with E-state index in [0.29, 0.717) is 24.3 Å². The van der Waals surface area contributed by atoms with Crippen molar-refractivity contribution < 1.29 is 14.7 Å². The van der Waals surface area contributed by atoms with Crippen molar-refractivity contribution in [3.05, 3.63) is 66.6 Å². The minimum atomic E-state index is -1.03. The SMILES string of the molecule is CCN(c1ccc(C(=O)NC(CCSC)C(=O)O)c(-c2ccccc2)c1)c1c[nH]cn1.Cl. The number of aromatic amines is 1. The van der Waals surface area contributed by atoms with Crippen LogP contribution in [0.25, 0.3) is 11.1 Å². The number of carboxylic acids is 1. The Morgan fingerprint density at radius 3 is 2.56 bits per heavy atom. The van der Waals surface area contributed by atoms with Crippen LogP contribution in [0.5, 0.6) is 0 Å². The number of hydrogen-bond acceptors (Lipinski definition) is 5. The summed E-state index contributed by atoms with van der Waals surface area (Å²) in [5.41, 5.74) is 2.94. The highest BCUT2D eigenvalue weighted by Gasteiger charge is 2.23. The van der Waals surface area contributed by atoms with Crippen molar-refractivity contribution in [1.82, 2.24) is 15.3 Å². The Bertz CT molecular complexity index is 1020. The molecule has 3 aromatic rings. The quantitative estimate of drug-likeness (QED) is 0.397. The zero-order valence-electron chi connectivity index (χ0n) is 17.9. The zero-order valence-corrected chi connectivity index (χ0v) is 19.6. The molecule has 1 atom stereocenters. The molecule has 1 unspecified atom stereocenters. The number of H-pyrrole nitrogens is 1. The summed E-state index contributed by atoms with van der Waals surface area (Å²) in [6.07, 6.45) is 5.71. The monoisotopic (exact) mass is 474 g/mol. The average Bonchev–Trinajstić information content (AvgIpc) is 3.32. The van der Waals surface area contributed by atoms with Crippen molar-refractivity contribution in [1.29, 1.82) is 0 Å². The molecule has 170 valence electrons. The van der Waals surface area contributed by atoms with Gasteiger partial charge in [0.05, 0.1) is 6.33 Å². The topological polar surface area (TPSA) is 98.3 Å². The first-order valence-electron chi connectivity index (χ1n) is 10.0. The standard InChI is InChI=1S/C23H26N4O3S.ClH/c1-3-27(21-14-24-15-25-21)17-9-10-18(19(13-17)16-7-5-4-6-8-16)22(28)26-20(23(29)30)11-12-31-2;/h4-10,13-15,20H,3,11-12H2,1-2H3,(H,24,25)(H,26,28)(H,29,30);1H. The van der Waals surface area contributed by atoms with Gasteiger partial charge in [0.25, 0.3) is 5.91 Å². The third-order valence-electron chi connectivity index (χ3n) is 4.93. The number of nitrogens with one attached hydrogen (secondary N) is 2. The minimum absolute atomic E-state index is 0. The molecule has 0 aliphatic rings. The van der Waals surface area contributed by atoms with Crippen molar-refractivity contribution in [2.24, 2.45) is 0 Å². The fraction of sp³-hybridized carbons (Fsp3) is 0.261. The van der Waals surface area contributed by atoms with E-state index in [2.05, 4.69) is 15.3 Å². The van der Waals surface area contributed by atoms with Gasteiger partial charge in [-0.05, 0) is 54.7 Å². The number of thioether (sulfide) groups is 1. The van der Waals surface area contributed by atoms with Gasteiger partial charge in [-0.1, -0.05) is 30.3 Å². The number of carbonyl (C=O) groups is 2. The molecule has 0 saturated carbocycles. The third kappa shape index (κ3) is 6.05. The van der Waals surface area contributed by atoms with E-state index in [0.717, 1.165) is 22.6 Å². The molecule has 0 spiro atoms. The third-order valence-corrected chi connectivity index (χ3v) is 5.58. The van der Waals surface area contributed by atoms with E-state index < -0.39 is 17.9 Å². The predicted octanol–water partition coefficient (Wildman–Crippen LogP) is 4.59. The molecular formula is C23H27ClN4O3S. The summed E-state index contributed by atoms with van der Waals surface area (Å²) in [5.74, 6) is -0.00366. The van der Waals surface area contributed by atoms with Crippen LogP contribution in [0.3, 0.4) is 0 Å². The number of amides is 1. The van der Waals surface area contributed by atoms with E-state index in [1.54, 1.807) is 24.2 Å². The fourth-order valence-corrected chi connectivity index (χ4v) is 3.83. The van der Waals surface area contributed by atoms with Gasteiger partial charge in [-0.25, -0.2) is 9.78 Å². The van der Waals surface area contributed by atoms with Crippen LogP contribution >= 0.6 is 24.2 Å². The van der Waals surface area contributed by atoms with Gasteiger partial charge < -0.3 is 20.3 Å². The Morgan fingerprint density at radius 2 is 1.97 bits per heavy atom. The Kier molecular flexibility index (Phi) is 9.61. The number of imidazole rings is 1. The largest absolute Gasteiger partial charge is 0.480 e. The molecule has 1 aromatic heterocycles. The Labute approximate surface area is 198 Å². The van der Waals surface area contributed by atoms with E-state index in [4.69, 9.17) is 0 Å². The smallest absolute Gasteiger partial charge is 0.326 e. The summed E-state index contributed by atoms with van der Waals surface area (Å²) in [6.45, 7) is 2.72. The second-order valence-electron chi connectivity index (χ2n) is 6.91. The van der Waals surface area contributed by atoms with Crippen molar-refractivity contribution in [2.75, 3.05) is 23.5 Å². The lowest BCUT2D eigenvalue weighted by Gasteiger charge is -2.23. The van der Waals surface area contributed by atoms with Crippen LogP contribution in [0.4, 0.5) is 11.5 Å². The van der Waals surface area contributed by atoms with Crippen LogP contribution in [0.2, 0.25) is 0 Å². The molecule has 1 heterocycles. The number of halogens is 1. The summed E-state index contributed by atoms with van der Waals surface area (Å²) in [4.78, 5) is 34.0. The molecule has 0 radical (unpaired) electrons.